The van der Waals surface area contributed by atoms with Crippen LogP contribution in [0.15, 0.2) is 11.8 Å². The predicted octanol–water partition coefficient (Wildman–Crippen LogP) is 1.38. The fourth-order valence-electron chi connectivity index (χ4n) is 0.0546. The average molecular weight is 89.1 g/mol. The van der Waals surface area contributed by atoms with E-state index in [1.807, 2.05) is 0 Å². The van der Waals surface area contributed by atoms with Crippen molar-refractivity contribution in [1.29, 1.82) is 0 Å². The highest BCUT2D eigenvalue weighted by Crippen LogP contribution is 1.80. The highest BCUT2D eigenvalue weighted by molar-refractivity contribution is 4.88. The van der Waals surface area contributed by atoms with E-state index < -0.39 is 0 Å². The van der Waals surface area contributed by atoms with Crippen molar-refractivity contribution in [3.63, 3.8) is 0 Å². The van der Waals surface area contributed by atoms with Gasteiger partial charge in [-0.15, -0.1) is 4.48 Å². The van der Waals surface area contributed by atoms with Crippen LogP contribution < -0.4 is 5.54 Å². The third kappa shape index (κ3) is 1.76. The van der Waals surface area contributed by atoms with Gasteiger partial charge in [-0.25, -0.2) is 5.54 Å². The smallest absolute Gasteiger partial charge is 0.0356 e. The average Bonchev–Trinajstić information content (AvgIpc) is 1.65. The van der Waals surface area contributed by atoms with Crippen LogP contribution in [0.25, 0.3) is 0 Å². The lowest BCUT2D eigenvalue weighted by Gasteiger charge is -1.86. The van der Waals surface area contributed by atoms with E-state index in [-0.39, 0.29) is 0 Å². The summed E-state index contributed by atoms with van der Waals surface area (Å²) in [7, 11) is 0. The van der Waals surface area contributed by atoms with Crippen molar-refractivity contribution in [2.45, 2.75) is 13.8 Å². The lowest BCUT2D eigenvalue weighted by Crippen LogP contribution is -1.92. The molecule has 0 rings (SSSR count). The molecule has 0 saturated carbocycles. The lowest BCUT2D eigenvalue weighted by molar-refractivity contribution is 0.385. The van der Waals surface area contributed by atoms with Crippen molar-refractivity contribution in [2.24, 2.45) is 0 Å². The molecule has 0 aliphatic heterocycles. The molecule has 0 bridgehead atoms. The van der Waals surface area contributed by atoms with Gasteiger partial charge < -0.3 is 0 Å². The Morgan fingerprint density at radius 1 is 1.83 bits per heavy atom. The maximum atomic E-state index is 11.1. The van der Waals surface area contributed by atoms with Gasteiger partial charge >= 0.3 is 0 Å². The first-order valence-corrected chi connectivity index (χ1v) is 1.81. The number of halogens is 1. The zero-order valence-corrected chi connectivity index (χ0v) is 3.96. The van der Waals surface area contributed by atoms with E-state index in [1.165, 1.54) is 5.54 Å². The Balaban J connectivity index is 3.22. The summed E-state index contributed by atoms with van der Waals surface area (Å²) in [6, 6.07) is 0. The largest absolute Gasteiger partial charge is 0.229 e. The van der Waals surface area contributed by atoms with Gasteiger partial charge in [0.15, 0.2) is 0 Å². The molecule has 0 heterocycles. The standard InChI is InChI=1S/C4H8FN/c1-3-4(2)6-5/h3,6H,1-2H3/b4-3+. The summed E-state index contributed by atoms with van der Waals surface area (Å²) in [6.07, 6.45) is 1.65. The highest BCUT2D eigenvalue weighted by Gasteiger charge is 1.73. The van der Waals surface area contributed by atoms with E-state index in [0.29, 0.717) is 5.70 Å². The molecule has 0 radical (unpaired) electrons. The molecule has 1 N–H and O–H groups in total. The minimum atomic E-state index is 0.551. The highest BCUT2D eigenvalue weighted by atomic mass is 19.2. The normalized spacial score (nSPS) is 11.5. The fourth-order valence-corrected chi connectivity index (χ4v) is 0.0546. The summed E-state index contributed by atoms with van der Waals surface area (Å²) >= 11 is 0. The minimum Gasteiger partial charge on any atom is -0.229 e. The summed E-state index contributed by atoms with van der Waals surface area (Å²) in [5.41, 5.74) is 2.03. The van der Waals surface area contributed by atoms with E-state index in [1.54, 1.807) is 19.9 Å². The Morgan fingerprint density at radius 3 is 2.33 bits per heavy atom. The molecule has 6 heavy (non-hydrogen) atoms. The van der Waals surface area contributed by atoms with E-state index in [0.717, 1.165) is 0 Å². The molecule has 0 amide bonds. The van der Waals surface area contributed by atoms with E-state index >= 15 is 0 Å². The molecule has 0 aromatic heterocycles. The zero-order valence-electron chi connectivity index (χ0n) is 3.96. The summed E-state index contributed by atoms with van der Waals surface area (Å²) in [6.45, 7) is 3.42. The second-order valence-corrected chi connectivity index (χ2v) is 1.07. The Kier molecular flexibility index (Phi) is 2.46. The van der Waals surface area contributed by atoms with Gasteiger partial charge in [0.1, 0.15) is 0 Å². The Hall–Kier alpha value is -0.530. The summed E-state index contributed by atoms with van der Waals surface area (Å²) in [5, 5.41) is 0. The molecule has 0 spiro atoms. The van der Waals surface area contributed by atoms with Crippen LogP contribution in [0.3, 0.4) is 0 Å². The molecule has 0 unspecified atom stereocenters. The van der Waals surface area contributed by atoms with E-state index in [4.69, 9.17) is 0 Å². The van der Waals surface area contributed by atoms with Crippen LogP contribution in [-0.4, -0.2) is 0 Å². The summed E-state index contributed by atoms with van der Waals surface area (Å²) in [4.78, 5) is 0. The SMILES string of the molecule is C/C=C(\C)NF. The van der Waals surface area contributed by atoms with Crippen molar-refractivity contribution in [2.75, 3.05) is 0 Å². The first kappa shape index (κ1) is 5.47. The first-order valence-electron chi connectivity index (χ1n) is 1.81. The van der Waals surface area contributed by atoms with Crippen LogP contribution >= 0.6 is 0 Å². The monoisotopic (exact) mass is 89.1 g/mol. The molecule has 0 aromatic rings. The van der Waals surface area contributed by atoms with Crippen LogP contribution in [0.2, 0.25) is 0 Å². The van der Waals surface area contributed by atoms with Crippen molar-refractivity contribution in [3.05, 3.63) is 11.8 Å². The Labute approximate surface area is 36.8 Å². The Bertz CT molecular complexity index is 58.6. The maximum absolute atomic E-state index is 11.1. The topological polar surface area (TPSA) is 12.0 Å². The van der Waals surface area contributed by atoms with Gasteiger partial charge in [0.2, 0.25) is 0 Å². The third-order valence-electron chi connectivity index (χ3n) is 0.582. The zero-order chi connectivity index (χ0) is 4.99. The Morgan fingerprint density at radius 2 is 2.33 bits per heavy atom. The number of hydrogen-bond acceptors (Lipinski definition) is 1. The van der Waals surface area contributed by atoms with Gasteiger partial charge in [-0.05, 0) is 13.8 Å². The quantitative estimate of drug-likeness (QED) is 0.478. The van der Waals surface area contributed by atoms with Gasteiger partial charge in [0, 0.05) is 5.70 Å². The number of allylic oxidation sites excluding steroid dienone is 2. The predicted molar refractivity (Wildman–Crippen MR) is 23.7 cm³/mol. The van der Waals surface area contributed by atoms with Crippen molar-refractivity contribution >= 4 is 0 Å². The minimum absolute atomic E-state index is 0.551. The van der Waals surface area contributed by atoms with Crippen LogP contribution in [0.1, 0.15) is 13.8 Å². The third-order valence-corrected chi connectivity index (χ3v) is 0.582. The van der Waals surface area contributed by atoms with Gasteiger partial charge in [-0.2, -0.15) is 0 Å². The van der Waals surface area contributed by atoms with Crippen molar-refractivity contribution in [3.8, 4) is 0 Å². The molecule has 2 heteroatoms. The second kappa shape index (κ2) is 2.69. The van der Waals surface area contributed by atoms with Gasteiger partial charge in [-0.1, -0.05) is 6.08 Å². The fraction of sp³-hybridized carbons (Fsp3) is 0.500. The van der Waals surface area contributed by atoms with E-state index in [9.17, 15) is 4.48 Å². The number of rotatable bonds is 1. The van der Waals surface area contributed by atoms with Crippen LogP contribution in [0.5, 0.6) is 0 Å². The molecule has 0 aliphatic carbocycles. The maximum Gasteiger partial charge on any atom is 0.0356 e. The van der Waals surface area contributed by atoms with Gasteiger partial charge in [-0.3, -0.25) is 0 Å². The van der Waals surface area contributed by atoms with Gasteiger partial charge in [0.05, 0.1) is 0 Å². The molecule has 1 nitrogen and oxygen atoms in total. The summed E-state index contributed by atoms with van der Waals surface area (Å²) < 4.78 is 11.1. The van der Waals surface area contributed by atoms with Crippen molar-refractivity contribution < 1.29 is 4.48 Å². The molecule has 0 atom stereocenters. The van der Waals surface area contributed by atoms with Crippen LogP contribution in [0, 0.1) is 0 Å². The van der Waals surface area contributed by atoms with Crippen molar-refractivity contribution in [1.82, 2.24) is 5.54 Å². The first-order chi connectivity index (χ1) is 2.81. The van der Waals surface area contributed by atoms with Crippen LogP contribution in [-0.2, 0) is 0 Å². The molecule has 0 fully saturated rings. The molecule has 0 aliphatic rings. The number of nitrogens with one attached hydrogen (secondary N) is 1. The molecule has 36 valence electrons. The molecule has 0 aromatic carbocycles. The second-order valence-electron chi connectivity index (χ2n) is 1.07. The van der Waals surface area contributed by atoms with Gasteiger partial charge in [0.25, 0.3) is 0 Å². The van der Waals surface area contributed by atoms with E-state index in [2.05, 4.69) is 0 Å². The van der Waals surface area contributed by atoms with Crippen LogP contribution in [0.4, 0.5) is 4.48 Å². The number of hydrogen-bond donors (Lipinski definition) is 1. The lowest BCUT2D eigenvalue weighted by atomic mass is 10.5. The molecular formula is C4H8FN. The molecular weight excluding hydrogens is 81.0 g/mol. The summed E-state index contributed by atoms with van der Waals surface area (Å²) in [5.74, 6) is 0. The molecule has 0 saturated heterocycles.